The van der Waals surface area contributed by atoms with Crippen LogP contribution in [0.25, 0.3) is 0 Å². The van der Waals surface area contributed by atoms with Gasteiger partial charge in [-0.05, 0) is 47.7 Å². The van der Waals surface area contributed by atoms with Crippen LogP contribution in [-0.4, -0.2) is 33.3 Å². The van der Waals surface area contributed by atoms with Crippen LogP contribution in [0.1, 0.15) is 6.92 Å². The summed E-state index contributed by atoms with van der Waals surface area (Å²) in [5.41, 5.74) is 0. The summed E-state index contributed by atoms with van der Waals surface area (Å²) >= 11 is 2.02. The van der Waals surface area contributed by atoms with Crippen LogP contribution in [0.4, 0.5) is 0 Å². The van der Waals surface area contributed by atoms with Crippen molar-refractivity contribution in [1.82, 2.24) is 4.72 Å². The van der Waals surface area contributed by atoms with E-state index in [9.17, 15) is 8.42 Å². The second-order valence-corrected chi connectivity index (χ2v) is 6.48. The summed E-state index contributed by atoms with van der Waals surface area (Å²) in [7, 11) is -2.25. The van der Waals surface area contributed by atoms with Gasteiger partial charge in [0.05, 0.1) is 13.2 Å². The highest BCUT2D eigenvalue weighted by molar-refractivity contribution is 14.1. The van der Waals surface area contributed by atoms with Gasteiger partial charge in [-0.25, -0.2) is 13.1 Å². The van der Waals surface area contributed by atoms with Gasteiger partial charge in [0.25, 0.3) is 0 Å². The number of aliphatic hydroxyl groups excluding tert-OH is 1. The molecule has 0 aromatic heterocycles. The van der Waals surface area contributed by atoms with E-state index < -0.39 is 16.1 Å². The fraction of sp³-hybridized carbons (Fsp3) is 0.400. The number of halogens is 1. The minimum Gasteiger partial charge on any atom is -0.495 e. The second-order valence-electron chi connectivity index (χ2n) is 3.50. The molecule has 1 aromatic rings. The van der Waals surface area contributed by atoms with Crippen LogP contribution in [0, 0.1) is 3.57 Å². The van der Waals surface area contributed by atoms with Gasteiger partial charge in [0.1, 0.15) is 10.6 Å². The van der Waals surface area contributed by atoms with Crippen molar-refractivity contribution < 1.29 is 18.3 Å². The Bertz CT molecular complexity index is 487. The smallest absolute Gasteiger partial charge is 0.244 e. The molecule has 96 valence electrons. The highest BCUT2D eigenvalue weighted by Crippen LogP contribution is 2.25. The van der Waals surface area contributed by atoms with Crippen molar-refractivity contribution >= 4 is 32.6 Å². The molecule has 0 unspecified atom stereocenters. The maximum atomic E-state index is 12.0. The van der Waals surface area contributed by atoms with E-state index in [1.54, 1.807) is 12.1 Å². The van der Waals surface area contributed by atoms with Crippen molar-refractivity contribution in [1.29, 1.82) is 0 Å². The Kier molecular flexibility index (Phi) is 5.17. The number of nitrogens with one attached hydrogen (secondary N) is 1. The summed E-state index contributed by atoms with van der Waals surface area (Å²) < 4.78 is 32.0. The van der Waals surface area contributed by atoms with Crippen molar-refractivity contribution in [2.24, 2.45) is 0 Å². The van der Waals surface area contributed by atoms with Crippen LogP contribution in [0.2, 0.25) is 0 Å². The minimum atomic E-state index is -3.66. The van der Waals surface area contributed by atoms with Gasteiger partial charge >= 0.3 is 0 Å². The number of methoxy groups -OCH3 is 1. The van der Waals surface area contributed by atoms with Crippen LogP contribution in [-0.2, 0) is 10.0 Å². The summed E-state index contributed by atoms with van der Waals surface area (Å²) in [6, 6.07) is 4.87. The fourth-order valence-electron chi connectivity index (χ4n) is 1.17. The number of hydrogen-bond donors (Lipinski definition) is 2. The van der Waals surface area contributed by atoms with E-state index in [4.69, 9.17) is 9.84 Å². The monoisotopic (exact) mass is 371 g/mol. The van der Waals surface area contributed by atoms with Gasteiger partial charge in [-0.15, -0.1) is 0 Å². The molecular weight excluding hydrogens is 357 g/mol. The zero-order valence-corrected chi connectivity index (χ0v) is 12.4. The van der Waals surface area contributed by atoms with Gasteiger partial charge in [-0.3, -0.25) is 0 Å². The summed E-state index contributed by atoms with van der Waals surface area (Å²) in [5, 5.41) is 9.08. The second kappa shape index (κ2) is 5.98. The SMILES string of the molecule is COc1ccc(I)cc1S(=O)(=O)NC[C@H](C)O. The zero-order chi connectivity index (χ0) is 13.1. The molecule has 0 amide bonds. The number of sulfonamides is 1. The van der Waals surface area contributed by atoms with Gasteiger partial charge in [-0.1, -0.05) is 0 Å². The molecule has 1 atom stereocenters. The molecule has 1 aromatic carbocycles. The molecule has 2 N–H and O–H groups in total. The average molecular weight is 371 g/mol. The Balaban J connectivity index is 3.09. The van der Waals surface area contributed by atoms with Crippen LogP contribution in [0.15, 0.2) is 23.1 Å². The molecule has 0 bridgehead atoms. The first-order chi connectivity index (χ1) is 7.86. The van der Waals surface area contributed by atoms with Gasteiger partial charge < -0.3 is 9.84 Å². The third-order valence-corrected chi connectivity index (χ3v) is 4.10. The lowest BCUT2D eigenvalue weighted by atomic mass is 10.3. The van der Waals surface area contributed by atoms with E-state index in [1.165, 1.54) is 20.1 Å². The van der Waals surface area contributed by atoms with Crippen molar-refractivity contribution in [2.75, 3.05) is 13.7 Å². The first kappa shape index (κ1) is 14.7. The Morgan fingerprint density at radius 1 is 1.53 bits per heavy atom. The number of benzene rings is 1. The quantitative estimate of drug-likeness (QED) is 0.757. The molecule has 0 saturated heterocycles. The maximum Gasteiger partial charge on any atom is 0.244 e. The van der Waals surface area contributed by atoms with E-state index >= 15 is 0 Å². The van der Waals surface area contributed by atoms with Crippen LogP contribution < -0.4 is 9.46 Å². The molecule has 5 nitrogen and oxygen atoms in total. The van der Waals surface area contributed by atoms with Gasteiger partial charge in [0.2, 0.25) is 10.0 Å². The number of hydrogen-bond acceptors (Lipinski definition) is 4. The highest BCUT2D eigenvalue weighted by Gasteiger charge is 2.19. The first-order valence-electron chi connectivity index (χ1n) is 4.88. The summed E-state index contributed by atoms with van der Waals surface area (Å²) in [6.07, 6.45) is -0.737. The highest BCUT2D eigenvalue weighted by atomic mass is 127. The van der Waals surface area contributed by atoms with Gasteiger partial charge in [0.15, 0.2) is 0 Å². The fourth-order valence-corrected chi connectivity index (χ4v) is 3.19. The Hall–Kier alpha value is -0.380. The van der Waals surface area contributed by atoms with Crippen LogP contribution >= 0.6 is 22.6 Å². The molecule has 17 heavy (non-hydrogen) atoms. The molecule has 0 fully saturated rings. The summed E-state index contributed by atoms with van der Waals surface area (Å²) in [6.45, 7) is 1.48. The topological polar surface area (TPSA) is 75.6 Å². The third kappa shape index (κ3) is 4.09. The van der Waals surface area contributed by atoms with E-state index in [0.29, 0.717) is 0 Å². The van der Waals surface area contributed by atoms with E-state index in [2.05, 4.69) is 4.72 Å². The van der Waals surface area contributed by atoms with Crippen molar-refractivity contribution in [3.63, 3.8) is 0 Å². The maximum absolute atomic E-state index is 12.0. The molecule has 0 aliphatic rings. The van der Waals surface area contributed by atoms with E-state index in [1.807, 2.05) is 22.6 Å². The molecule has 0 saturated carbocycles. The van der Waals surface area contributed by atoms with E-state index in [0.717, 1.165) is 3.57 Å². The largest absolute Gasteiger partial charge is 0.495 e. The Morgan fingerprint density at radius 2 is 2.18 bits per heavy atom. The minimum absolute atomic E-state index is 0.0308. The molecule has 0 heterocycles. The predicted octanol–water partition coefficient (Wildman–Crippen LogP) is 0.959. The Morgan fingerprint density at radius 3 is 2.71 bits per heavy atom. The first-order valence-corrected chi connectivity index (χ1v) is 7.44. The number of ether oxygens (including phenoxy) is 1. The molecular formula is C10H14INO4S. The van der Waals surface area contributed by atoms with Crippen molar-refractivity contribution in [3.05, 3.63) is 21.8 Å². The van der Waals surface area contributed by atoms with Crippen molar-refractivity contribution in [2.45, 2.75) is 17.9 Å². The predicted molar refractivity (Wildman–Crippen MR) is 72.6 cm³/mol. The molecule has 0 aliphatic carbocycles. The lowest BCUT2D eigenvalue weighted by molar-refractivity contribution is 0.198. The van der Waals surface area contributed by atoms with Crippen LogP contribution in [0.5, 0.6) is 5.75 Å². The standard InChI is InChI=1S/C10H14INO4S/c1-7(13)6-12-17(14,15)10-5-8(11)3-4-9(10)16-2/h3-5,7,12-13H,6H2,1-2H3/t7-/m0/s1. The summed E-state index contributed by atoms with van der Waals surface area (Å²) in [5.74, 6) is 0.281. The number of rotatable bonds is 5. The Labute approximate surface area is 114 Å². The lowest BCUT2D eigenvalue weighted by Crippen LogP contribution is -2.30. The lowest BCUT2D eigenvalue weighted by Gasteiger charge is -2.12. The molecule has 0 aliphatic heterocycles. The van der Waals surface area contributed by atoms with Crippen LogP contribution in [0.3, 0.4) is 0 Å². The molecule has 7 heteroatoms. The number of aliphatic hydroxyl groups is 1. The third-order valence-electron chi connectivity index (χ3n) is 1.98. The average Bonchev–Trinajstić information content (AvgIpc) is 2.26. The normalized spacial score (nSPS) is 13.4. The van der Waals surface area contributed by atoms with Crippen molar-refractivity contribution in [3.8, 4) is 5.75 Å². The molecule has 0 radical (unpaired) electrons. The molecule has 1 rings (SSSR count). The van der Waals surface area contributed by atoms with E-state index in [-0.39, 0.29) is 17.2 Å². The summed E-state index contributed by atoms with van der Waals surface area (Å²) in [4.78, 5) is 0.0764. The van der Waals surface area contributed by atoms with Gasteiger partial charge in [0, 0.05) is 10.1 Å². The molecule has 0 spiro atoms. The zero-order valence-electron chi connectivity index (χ0n) is 9.47. The van der Waals surface area contributed by atoms with Gasteiger partial charge in [-0.2, -0.15) is 0 Å².